The van der Waals surface area contributed by atoms with Crippen molar-refractivity contribution < 1.29 is 19.8 Å². The van der Waals surface area contributed by atoms with Crippen LogP contribution in [0.2, 0.25) is 0 Å². The molecule has 1 rings (SSSR count). The molecule has 0 amide bonds. The molecule has 0 aliphatic heterocycles. The molecule has 0 saturated carbocycles. The van der Waals surface area contributed by atoms with E-state index in [0.717, 1.165) is 5.56 Å². The van der Waals surface area contributed by atoms with Crippen molar-refractivity contribution in [2.75, 3.05) is 0 Å². The summed E-state index contributed by atoms with van der Waals surface area (Å²) in [5.74, 6) is -2.34. The molecule has 4 nitrogen and oxygen atoms in total. The monoisotopic (exact) mass is 234 g/mol. The second-order valence-corrected chi connectivity index (χ2v) is 3.58. The summed E-state index contributed by atoms with van der Waals surface area (Å²) in [4.78, 5) is 22.0. The van der Waals surface area contributed by atoms with Gasteiger partial charge in [-0.3, -0.25) is 0 Å². The van der Waals surface area contributed by atoms with Crippen LogP contribution in [0.15, 0.2) is 41.5 Å². The minimum atomic E-state index is -1.17. The Morgan fingerprint density at radius 2 is 1.53 bits per heavy atom. The molecule has 0 aromatic heterocycles. The van der Waals surface area contributed by atoms with Gasteiger partial charge in [-0.05, 0) is 12.0 Å². The van der Waals surface area contributed by atoms with Crippen molar-refractivity contribution in [1.82, 2.24) is 0 Å². The van der Waals surface area contributed by atoms with Gasteiger partial charge in [0.15, 0.2) is 0 Å². The maximum Gasteiger partial charge on any atom is 0.332 e. The molecule has 0 atom stereocenters. The van der Waals surface area contributed by atoms with Gasteiger partial charge in [0.25, 0.3) is 0 Å². The van der Waals surface area contributed by atoms with Crippen LogP contribution in [0, 0.1) is 0 Å². The van der Waals surface area contributed by atoms with E-state index in [1.807, 2.05) is 6.07 Å². The lowest BCUT2D eigenvalue weighted by atomic mass is 9.98. The predicted octanol–water partition coefficient (Wildman–Crippen LogP) is 2.10. The molecular weight excluding hydrogens is 220 g/mol. The molecule has 0 fully saturated rings. The van der Waals surface area contributed by atoms with E-state index < -0.39 is 11.9 Å². The standard InChI is InChI=1S/C13H14O4/c1-2-10(12(14)15)11(13(16)17)8-9-6-4-3-5-7-9/h3-7H,2,8H2,1H3,(H,14,15)(H,16,17)/b11-10+. The van der Waals surface area contributed by atoms with Crippen molar-refractivity contribution in [3.63, 3.8) is 0 Å². The number of hydrogen-bond donors (Lipinski definition) is 2. The Kier molecular flexibility index (Phi) is 4.46. The smallest absolute Gasteiger partial charge is 0.332 e. The molecule has 90 valence electrons. The highest BCUT2D eigenvalue weighted by molar-refractivity contribution is 5.99. The Morgan fingerprint density at radius 1 is 1.00 bits per heavy atom. The number of carbonyl (C=O) groups is 2. The third-order valence-electron chi connectivity index (χ3n) is 2.46. The number of hydrogen-bond acceptors (Lipinski definition) is 2. The van der Waals surface area contributed by atoms with Gasteiger partial charge >= 0.3 is 11.9 Å². The van der Waals surface area contributed by atoms with Crippen molar-refractivity contribution in [2.45, 2.75) is 19.8 Å². The molecule has 4 heteroatoms. The SMILES string of the molecule is CC/C(C(=O)O)=C(/Cc1ccccc1)C(=O)O. The zero-order chi connectivity index (χ0) is 12.8. The second-order valence-electron chi connectivity index (χ2n) is 3.58. The Labute approximate surface area is 99.2 Å². The maximum atomic E-state index is 11.1. The van der Waals surface area contributed by atoms with Gasteiger partial charge in [0.05, 0.1) is 5.57 Å². The molecule has 0 aliphatic rings. The van der Waals surface area contributed by atoms with E-state index in [1.54, 1.807) is 31.2 Å². The summed E-state index contributed by atoms with van der Waals surface area (Å²) >= 11 is 0. The fourth-order valence-electron chi connectivity index (χ4n) is 1.61. The van der Waals surface area contributed by atoms with E-state index in [9.17, 15) is 9.59 Å². The molecule has 0 aliphatic carbocycles. The highest BCUT2D eigenvalue weighted by Gasteiger charge is 2.18. The van der Waals surface area contributed by atoms with Crippen molar-refractivity contribution >= 4 is 11.9 Å². The van der Waals surface area contributed by atoms with Gasteiger partial charge in [-0.2, -0.15) is 0 Å². The summed E-state index contributed by atoms with van der Waals surface area (Å²) in [5, 5.41) is 18.0. The van der Waals surface area contributed by atoms with Gasteiger partial charge in [0.1, 0.15) is 0 Å². The molecule has 0 unspecified atom stereocenters. The molecular formula is C13H14O4. The normalized spacial score (nSPS) is 11.8. The fraction of sp³-hybridized carbons (Fsp3) is 0.231. The predicted molar refractivity (Wildman–Crippen MR) is 62.7 cm³/mol. The zero-order valence-corrected chi connectivity index (χ0v) is 9.51. The number of carboxylic acid groups (broad SMARTS) is 2. The van der Waals surface area contributed by atoms with Gasteiger partial charge in [-0.25, -0.2) is 9.59 Å². The largest absolute Gasteiger partial charge is 0.478 e. The minimum Gasteiger partial charge on any atom is -0.478 e. The van der Waals surface area contributed by atoms with Crippen LogP contribution < -0.4 is 0 Å². The zero-order valence-electron chi connectivity index (χ0n) is 9.51. The molecule has 2 N–H and O–H groups in total. The first-order chi connectivity index (χ1) is 8.06. The first-order valence-electron chi connectivity index (χ1n) is 5.28. The number of carboxylic acids is 2. The minimum absolute atomic E-state index is 0.0404. The maximum absolute atomic E-state index is 11.1. The van der Waals surface area contributed by atoms with E-state index in [1.165, 1.54) is 0 Å². The first-order valence-corrected chi connectivity index (χ1v) is 5.28. The first kappa shape index (κ1) is 13.0. The summed E-state index contributed by atoms with van der Waals surface area (Å²) in [6.07, 6.45) is 0.329. The molecule has 1 aromatic carbocycles. The van der Waals surface area contributed by atoms with Crippen LogP contribution in [0.25, 0.3) is 0 Å². The van der Waals surface area contributed by atoms with E-state index in [4.69, 9.17) is 10.2 Å². The number of aliphatic carboxylic acids is 2. The summed E-state index contributed by atoms with van der Waals surface area (Å²) in [6, 6.07) is 8.96. The van der Waals surface area contributed by atoms with Crippen LogP contribution in [0.1, 0.15) is 18.9 Å². The van der Waals surface area contributed by atoms with Crippen LogP contribution in [-0.4, -0.2) is 22.2 Å². The van der Waals surface area contributed by atoms with E-state index >= 15 is 0 Å². The lowest BCUT2D eigenvalue weighted by molar-refractivity contribution is -0.136. The molecule has 0 bridgehead atoms. The molecule has 0 heterocycles. The topological polar surface area (TPSA) is 74.6 Å². The average molecular weight is 234 g/mol. The molecule has 0 saturated heterocycles. The van der Waals surface area contributed by atoms with Gasteiger partial charge in [-0.1, -0.05) is 37.3 Å². The van der Waals surface area contributed by atoms with Crippen molar-refractivity contribution in [3.8, 4) is 0 Å². The Bertz CT molecular complexity index is 446. The number of rotatable bonds is 5. The molecule has 0 spiro atoms. The van der Waals surface area contributed by atoms with E-state index in [2.05, 4.69) is 0 Å². The highest BCUT2D eigenvalue weighted by atomic mass is 16.4. The lowest BCUT2D eigenvalue weighted by Gasteiger charge is -2.07. The molecule has 1 aromatic rings. The highest BCUT2D eigenvalue weighted by Crippen LogP contribution is 2.15. The molecule has 17 heavy (non-hydrogen) atoms. The summed E-state index contributed by atoms with van der Waals surface area (Å²) in [5.41, 5.74) is 0.699. The van der Waals surface area contributed by atoms with Crippen molar-refractivity contribution in [1.29, 1.82) is 0 Å². The van der Waals surface area contributed by atoms with Gasteiger partial charge in [0, 0.05) is 12.0 Å². The fourth-order valence-corrected chi connectivity index (χ4v) is 1.61. The van der Waals surface area contributed by atoms with Gasteiger partial charge in [0.2, 0.25) is 0 Å². The van der Waals surface area contributed by atoms with Crippen LogP contribution >= 0.6 is 0 Å². The summed E-state index contributed by atoms with van der Waals surface area (Å²) in [7, 11) is 0. The van der Waals surface area contributed by atoms with Crippen LogP contribution in [0.3, 0.4) is 0 Å². The second kappa shape index (κ2) is 5.84. The third kappa shape index (κ3) is 3.45. The number of benzene rings is 1. The van der Waals surface area contributed by atoms with Crippen molar-refractivity contribution in [3.05, 3.63) is 47.0 Å². The van der Waals surface area contributed by atoms with Crippen LogP contribution in [0.4, 0.5) is 0 Å². The quantitative estimate of drug-likeness (QED) is 0.765. The van der Waals surface area contributed by atoms with Crippen LogP contribution in [0.5, 0.6) is 0 Å². The van der Waals surface area contributed by atoms with E-state index in [0.29, 0.717) is 0 Å². The van der Waals surface area contributed by atoms with Gasteiger partial charge in [-0.15, -0.1) is 0 Å². The summed E-state index contributed by atoms with van der Waals surface area (Å²) < 4.78 is 0. The Balaban J connectivity index is 3.11. The lowest BCUT2D eigenvalue weighted by Crippen LogP contribution is -2.13. The van der Waals surface area contributed by atoms with E-state index in [-0.39, 0.29) is 24.0 Å². The van der Waals surface area contributed by atoms with Gasteiger partial charge < -0.3 is 10.2 Å². The average Bonchev–Trinajstić information content (AvgIpc) is 2.29. The third-order valence-corrected chi connectivity index (χ3v) is 2.46. The molecule has 0 radical (unpaired) electrons. The Morgan fingerprint density at radius 3 is 1.94 bits per heavy atom. The van der Waals surface area contributed by atoms with Crippen molar-refractivity contribution in [2.24, 2.45) is 0 Å². The summed E-state index contributed by atoms with van der Waals surface area (Å²) in [6.45, 7) is 1.64. The van der Waals surface area contributed by atoms with Crippen LogP contribution in [-0.2, 0) is 16.0 Å². The Hall–Kier alpha value is -2.10.